The lowest BCUT2D eigenvalue weighted by Crippen LogP contribution is -2.12. The highest BCUT2D eigenvalue weighted by Gasteiger charge is 2.08. The standard InChI is InChI=1S/C19H12Cl2N4O/c20-16-6-5-15(9-17(16)21)25-19(26)13-4-7-18(23-11-13)24-14-3-1-2-12(8-14)10-22/h1-9,11H,(H,23,24)(H,25,26). The Hall–Kier alpha value is -3.07. The quantitative estimate of drug-likeness (QED) is 0.645. The van der Waals surface area contributed by atoms with Gasteiger partial charge < -0.3 is 10.6 Å². The molecule has 0 aliphatic heterocycles. The number of pyridine rings is 1. The summed E-state index contributed by atoms with van der Waals surface area (Å²) in [4.78, 5) is 16.5. The van der Waals surface area contributed by atoms with E-state index >= 15 is 0 Å². The minimum atomic E-state index is -0.311. The lowest BCUT2D eigenvalue weighted by Gasteiger charge is -2.08. The fourth-order valence-corrected chi connectivity index (χ4v) is 2.49. The first-order valence-corrected chi connectivity index (χ1v) is 8.30. The maximum absolute atomic E-state index is 12.3. The molecule has 2 aromatic carbocycles. The van der Waals surface area contributed by atoms with E-state index in [1.807, 2.05) is 6.07 Å². The summed E-state index contributed by atoms with van der Waals surface area (Å²) in [6, 6.07) is 17.3. The number of nitrogens with one attached hydrogen (secondary N) is 2. The largest absolute Gasteiger partial charge is 0.340 e. The molecule has 1 amide bonds. The van der Waals surface area contributed by atoms with Crippen LogP contribution < -0.4 is 10.6 Å². The zero-order chi connectivity index (χ0) is 18.5. The van der Waals surface area contributed by atoms with Gasteiger partial charge in [0.05, 0.1) is 27.2 Å². The predicted octanol–water partition coefficient (Wildman–Crippen LogP) is 5.26. The number of hydrogen-bond donors (Lipinski definition) is 2. The van der Waals surface area contributed by atoms with Gasteiger partial charge in [-0.15, -0.1) is 0 Å². The Kier molecular flexibility index (Phi) is 5.37. The fraction of sp³-hybridized carbons (Fsp3) is 0. The van der Waals surface area contributed by atoms with E-state index in [-0.39, 0.29) is 5.91 Å². The average molecular weight is 383 g/mol. The molecular weight excluding hydrogens is 371 g/mol. The molecule has 0 aliphatic rings. The van der Waals surface area contributed by atoms with Crippen molar-refractivity contribution in [1.82, 2.24) is 4.98 Å². The Bertz CT molecular complexity index is 997. The topological polar surface area (TPSA) is 77.8 Å². The molecule has 3 aromatic rings. The van der Waals surface area contributed by atoms with Crippen LogP contribution >= 0.6 is 23.2 Å². The highest BCUT2D eigenvalue weighted by Crippen LogP contribution is 2.25. The number of rotatable bonds is 4. The van der Waals surface area contributed by atoms with Crippen molar-refractivity contribution in [2.75, 3.05) is 10.6 Å². The summed E-state index contributed by atoms with van der Waals surface area (Å²) in [7, 11) is 0. The molecule has 5 nitrogen and oxygen atoms in total. The SMILES string of the molecule is N#Cc1cccc(Nc2ccc(C(=O)Nc3ccc(Cl)c(Cl)c3)cn2)c1. The van der Waals surface area contributed by atoms with E-state index in [0.717, 1.165) is 5.69 Å². The summed E-state index contributed by atoms with van der Waals surface area (Å²) in [6.07, 6.45) is 1.46. The van der Waals surface area contributed by atoms with Crippen LogP contribution in [0.2, 0.25) is 10.0 Å². The average Bonchev–Trinajstić information content (AvgIpc) is 2.65. The lowest BCUT2D eigenvalue weighted by molar-refractivity contribution is 0.102. The second kappa shape index (κ2) is 7.87. The molecule has 26 heavy (non-hydrogen) atoms. The van der Waals surface area contributed by atoms with Crippen LogP contribution in [0.3, 0.4) is 0 Å². The summed E-state index contributed by atoms with van der Waals surface area (Å²) in [6.45, 7) is 0. The van der Waals surface area contributed by atoms with E-state index < -0.39 is 0 Å². The molecule has 0 spiro atoms. The number of nitriles is 1. The Morgan fingerprint density at radius 1 is 1.00 bits per heavy atom. The molecule has 3 rings (SSSR count). The molecule has 128 valence electrons. The summed E-state index contributed by atoms with van der Waals surface area (Å²) in [5.74, 6) is 0.250. The van der Waals surface area contributed by atoms with Crippen molar-refractivity contribution >= 4 is 46.3 Å². The number of aromatic nitrogens is 1. The fourth-order valence-electron chi connectivity index (χ4n) is 2.19. The molecular formula is C19H12Cl2N4O. The van der Waals surface area contributed by atoms with Gasteiger partial charge in [0.25, 0.3) is 5.91 Å². The van der Waals surface area contributed by atoms with Crippen LogP contribution in [-0.2, 0) is 0 Å². The second-order valence-corrected chi connectivity index (χ2v) is 6.15. The van der Waals surface area contributed by atoms with Crippen LogP contribution in [0.4, 0.5) is 17.2 Å². The van der Waals surface area contributed by atoms with E-state index in [2.05, 4.69) is 21.7 Å². The van der Waals surface area contributed by atoms with Gasteiger partial charge in [0.2, 0.25) is 0 Å². The van der Waals surface area contributed by atoms with Gasteiger partial charge in [0, 0.05) is 17.6 Å². The number of halogens is 2. The van der Waals surface area contributed by atoms with Crippen molar-refractivity contribution in [3.63, 3.8) is 0 Å². The molecule has 0 fully saturated rings. The normalized spacial score (nSPS) is 10.0. The van der Waals surface area contributed by atoms with Gasteiger partial charge in [0.1, 0.15) is 5.82 Å². The van der Waals surface area contributed by atoms with Crippen molar-refractivity contribution in [3.8, 4) is 6.07 Å². The van der Waals surface area contributed by atoms with Gasteiger partial charge in [-0.1, -0.05) is 29.3 Å². The molecule has 2 N–H and O–H groups in total. The van der Waals surface area contributed by atoms with Crippen molar-refractivity contribution in [3.05, 3.63) is 82.0 Å². The molecule has 0 saturated heterocycles. The Morgan fingerprint density at radius 3 is 2.54 bits per heavy atom. The third kappa shape index (κ3) is 4.31. The Labute approximate surface area is 160 Å². The van der Waals surface area contributed by atoms with Gasteiger partial charge in [-0.3, -0.25) is 4.79 Å². The van der Waals surface area contributed by atoms with Crippen molar-refractivity contribution in [1.29, 1.82) is 5.26 Å². The van der Waals surface area contributed by atoms with Crippen LogP contribution in [0.25, 0.3) is 0 Å². The molecule has 7 heteroatoms. The number of amides is 1. The highest BCUT2D eigenvalue weighted by atomic mass is 35.5. The third-order valence-electron chi connectivity index (χ3n) is 3.47. The van der Waals surface area contributed by atoms with Gasteiger partial charge >= 0.3 is 0 Å². The third-order valence-corrected chi connectivity index (χ3v) is 4.21. The minimum Gasteiger partial charge on any atom is -0.340 e. The van der Waals surface area contributed by atoms with Crippen LogP contribution in [0.15, 0.2) is 60.8 Å². The summed E-state index contributed by atoms with van der Waals surface area (Å²) in [5, 5.41) is 15.5. The number of hydrogen-bond acceptors (Lipinski definition) is 4. The summed E-state index contributed by atoms with van der Waals surface area (Å²) >= 11 is 11.8. The zero-order valence-electron chi connectivity index (χ0n) is 13.3. The predicted molar refractivity (Wildman–Crippen MR) is 103 cm³/mol. The van der Waals surface area contributed by atoms with Gasteiger partial charge in [0.15, 0.2) is 0 Å². The lowest BCUT2D eigenvalue weighted by atomic mass is 10.2. The monoisotopic (exact) mass is 382 g/mol. The molecule has 1 heterocycles. The number of carbonyl (C=O) groups excluding carboxylic acids is 1. The van der Waals surface area contributed by atoms with E-state index in [9.17, 15) is 4.79 Å². The molecule has 0 radical (unpaired) electrons. The van der Waals surface area contributed by atoms with Crippen LogP contribution in [0.1, 0.15) is 15.9 Å². The highest BCUT2D eigenvalue weighted by molar-refractivity contribution is 6.42. The van der Waals surface area contributed by atoms with E-state index in [4.69, 9.17) is 28.5 Å². The van der Waals surface area contributed by atoms with Gasteiger partial charge in [-0.05, 0) is 48.5 Å². The van der Waals surface area contributed by atoms with Gasteiger partial charge in [-0.25, -0.2) is 4.98 Å². The first-order chi connectivity index (χ1) is 12.5. The number of carbonyl (C=O) groups is 1. The van der Waals surface area contributed by atoms with Crippen LogP contribution in [-0.4, -0.2) is 10.9 Å². The summed E-state index contributed by atoms with van der Waals surface area (Å²) < 4.78 is 0. The Morgan fingerprint density at radius 2 is 1.85 bits per heavy atom. The molecule has 1 aromatic heterocycles. The maximum atomic E-state index is 12.3. The van der Waals surface area contributed by atoms with E-state index in [1.54, 1.807) is 48.5 Å². The number of benzene rings is 2. The van der Waals surface area contributed by atoms with Crippen molar-refractivity contribution < 1.29 is 4.79 Å². The second-order valence-electron chi connectivity index (χ2n) is 5.33. The zero-order valence-corrected chi connectivity index (χ0v) is 14.8. The first-order valence-electron chi connectivity index (χ1n) is 7.55. The minimum absolute atomic E-state index is 0.311. The summed E-state index contributed by atoms with van der Waals surface area (Å²) in [5.41, 5.74) is 2.23. The number of nitrogens with zero attached hydrogens (tertiary/aromatic N) is 2. The first kappa shape index (κ1) is 17.7. The molecule has 0 unspecified atom stereocenters. The van der Waals surface area contributed by atoms with Crippen LogP contribution in [0.5, 0.6) is 0 Å². The van der Waals surface area contributed by atoms with E-state index in [1.165, 1.54) is 6.20 Å². The Balaban J connectivity index is 1.69. The van der Waals surface area contributed by atoms with Crippen molar-refractivity contribution in [2.24, 2.45) is 0 Å². The van der Waals surface area contributed by atoms with Crippen LogP contribution in [0, 0.1) is 11.3 Å². The smallest absolute Gasteiger partial charge is 0.257 e. The molecule has 0 bridgehead atoms. The number of anilines is 3. The van der Waals surface area contributed by atoms with Gasteiger partial charge in [-0.2, -0.15) is 5.26 Å². The maximum Gasteiger partial charge on any atom is 0.257 e. The molecule has 0 saturated carbocycles. The molecule has 0 atom stereocenters. The van der Waals surface area contributed by atoms with E-state index in [0.29, 0.717) is 32.7 Å². The van der Waals surface area contributed by atoms with Crippen molar-refractivity contribution in [2.45, 2.75) is 0 Å². The molecule has 0 aliphatic carbocycles.